The summed E-state index contributed by atoms with van der Waals surface area (Å²) in [7, 11) is 0. The average Bonchev–Trinajstić information content (AvgIpc) is 0.715. The minimum atomic E-state index is -1.06. The fourth-order valence-corrected chi connectivity index (χ4v) is 13.8. The Hall–Kier alpha value is -11.4. The number of hydrogen-bond acceptors (Lipinski definition) is 13. The second-order valence-electron chi connectivity index (χ2n) is 28.7. The standard InChI is InChI=1S/C30H38N4O3.C28H32N2O4.C27H27N3O5/c1-20(2)15-28(34-19-31-26-13-6-5-12-25(26)30(34)37)29(36)32-27(16-22(4)35)23-10-7-11-24(17-23)33-14-8-9-21(3)18-33;1-18(2)15-25(30-14-6-5-7-26(30)31)28(34)29-24(17-27(32)33)22-13-10-20(4)23(16-22)21-11-8-19(3)9-12-21;1-16-6-4-7-17(2)26(16)20-10-19(12-28-13-20)21(11-25(33)34)29-23(31)14-30-22-9-5-8-18(3)27(22)35-15-24(30)32/h5-7,10-13,17,19-21,27-28H,8-9,14-16,18H2,1-4H3,(H,32,36);5-8,10-14,16,18,24-25H,3,9,15,17H2,1-2,4H3,(H,29,34)(H,32,33);4-10,12-13,21H,11,14-15H2,1-3H3,(H,29,31)(H,33,34)/t21-,27+,28+;24-,25?;21-/m100/s1. The van der Waals surface area contributed by atoms with Gasteiger partial charge in [-0.15, -0.1) is 0 Å². The Labute approximate surface area is 619 Å². The third-order valence-corrected chi connectivity index (χ3v) is 19.1. The molecule has 0 spiro atoms. The molecule has 5 N–H and O–H groups in total. The van der Waals surface area contributed by atoms with Gasteiger partial charge in [-0.25, -0.2) is 4.98 Å². The number of aryl methyl sites for hydroxylation is 4. The smallest absolute Gasteiger partial charge is 0.305 e. The zero-order chi connectivity index (χ0) is 76.5. The number of carboxylic acids is 2. The second-order valence-corrected chi connectivity index (χ2v) is 28.7. The Morgan fingerprint density at radius 2 is 1.29 bits per heavy atom. The number of piperidine rings is 1. The molecule has 3 aliphatic rings. The molecule has 1 unspecified atom stereocenters. The van der Waals surface area contributed by atoms with Crippen LogP contribution in [-0.2, 0) is 33.6 Å². The van der Waals surface area contributed by atoms with Crippen LogP contribution >= 0.6 is 0 Å². The molecule has 0 saturated carbocycles. The van der Waals surface area contributed by atoms with Gasteiger partial charge in [0.1, 0.15) is 30.2 Å². The zero-order valence-corrected chi connectivity index (χ0v) is 62.1. The predicted octanol–water partition coefficient (Wildman–Crippen LogP) is 13.8. The molecule has 8 aromatic rings. The summed E-state index contributed by atoms with van der Waals surface area (Å²) in [6, 6.07) is 35.5. The van der Waals surface area contributed by atoms with Crippen molar-refractivity contribution < 1.29 is 48.5 Å². The molecule has 1 fully saturated rings. The van der Waals surface area contributed by atoms with Gasteiger partial charge in [0, 0.05) is 55.4 Å². The molecule has 3 aromatic heterocycles. The maximum Gasteiger partial charge on any atom is 0.305 e. The summed E-state index contributed by atoms with van der Waals surface area (Å²) in [6.45, 7) is 25.3. The van der Waals surface area contributed by atoms with E-state index in [0.29, 0.717) is 52.2 Å². The van der Waals surface area contributed by atoms with Crippen LogP contribution in [0.1, 0.15) is 168 Å². The number of pyridine rings is 2. The van der Waals surface area contributed by atoms with Crippen LogP contribution in [0.4, 0.5) is 11.4 Å². The highest BCUT2D eigenvalue weighted by molar-refractivity contribution is 6.02. The number of nitrogens with one attached hydrogen (secondary N) is 3. The molecule has 1 aliphatic carbocycles. The molecule has 11 rings (SSSR count). The number of fused-ring (bicyclic) bond motifs is 2. The highest BCUT2D eigenvalue weighted by Gasteiger charge is 2.33. The van der Waals surface area contributed by atoms with Crippen molar-refractivity contribution in [2.75, 3.05) is 36.0 Å². The van der Waals surface area contributed by atoms with E-state index in [-0.39, 0.29) is 78.9 Å². The first-order valence-electron chi connectivity index (χ1n) is 36.1. The van der Waals surface area contributed by atoms with Crippen molar-refractivity contribution in [1.82, 2.24) is 35.1 Å². The van der Waals surface area contributed by atoms with Crippen LogP contribution in [0.25, 0.3) is 27.6 Å². The summed E-state index contributed by atoms with van der Waals surface area (Å²) in [5, 5.41) is 28.4. The molecule has 1 saturated heterocycles. The van der Waals surface area contributed by atoms with Gasteiger partial charge < -0.3 is 40.4 Å². The van der Waals surface area contributed by atoms with Crippen molar-refractivity contribution in [3.63, 3.8) is 0 Å². The molecule has 106 heavy (non-hydrogen) atoms. The number of para-hydroxylation sites is 2. The van der Waals surface area contributed by atoms with E-state index in [1.807, 2.05) is 134 Å². The maximum absolute atomic E-state index is 13.7. The predicted molar refractivity (Wildman–Crippen MR) is 413 cm³/mol. The monoisotopic (exact) mass is 1440 g/mol. The van der Waals surface area contributed by atoms with Crippen LogP contribution in [0.5, 0.6) is 5.75 Å². The van der Waals surface area contributed by atoms with Gasteiger partial charge >= 0.3 is 11.9 Å². The molecule has 0 radical (unpaired) electrons. The number of carbonyl (C=O) groups is 7. The van der Waals surface area contributed by atoms with E-state index in [0.717, 1.165) is 87.3 Å². The lowest BCUT2D eigenvalue weighted by molar-refractivity contribution is -0.139. The van der Waals surface area contributed by atoms with E-state index in [2.05, 4.69) is 62.5 Å². The molecule has 5 aromatic carbocycles. The van der Waals surface area contributed by atoms with Crippen molar-refractivity contribution in [3.8, 4) is 16.9 Å². The number of amides is 4. The Kier molecular flexibility index (Phi) is 27.0. The number of carbonyl (C=O) groups excluding carboxylic acids is 5. The van der Waals surface area contributed by atoms with Crippen molar-refractivity contribution >= 4 is 69.2 Å². The van der Waals surface area contributed by atoms with Gasteiger partial charge in [-0.3, -0.25) is 57.6 Å². The van der Waals surface area contributed by atoms with Gasteiger partial charge in [0.2, 0.25) is 17.7 Å². The van der Waals surface area contributed by atoms with E-state index in [9.17, 15) is 53.4 Å². The third-order valence-electron chi connectivity index (χ3n) is 19.1. The van der Waals surface area contributed by atoms with Crippen LogP contribution in [-0.4, -0.2) is 96.9 Å². The van der Waals surface area contributed by atoms with Crippen molar-refractivity contribution in [1.29, 1.82) is 0 Å². The first kappa shape index (κ1) is 78.8. The Morgan fingerprint density at radius 3 is 1.94 bits per heavy atom. The molecule has 554 valence electrons. The first-order chi connectivity index (χ1) is 50.6. The minimum Gasteiger partial charge on any atom is -0.481 e. The van der Waals surface area contributed by atoms with Gasteiger partial charge in [-0.1, -0.05) is 138 Å². The SMILES string of the molecule is C=C1C=CC(c2cc([C@H](CC(=O)O)NC(=O)C(CC(C)C)n3ccccc3=O)ccc2C)=CC1.CC(=O)C[C@H](NC(=O)[C@H](CC(C)C)n1cnc2ccccc2c1=O)c1cccc(N2CCC[C@@H](C)C2)c1.Cc1cccc2c1OCC(=O)N2CC(=O)N[C@@H](CC(=O)O)c1cncc(-c2c(C)cccc2C)c1. The number of ether oxygens (including phenoxy) is 1. The number of anilines is 2. The molecule has 21 heteroatoms. The topological polar surface area (TPSA) is 282 Å². The Balaban J connectivity index is 0.000000184. The molecule has 5 heterocycles. The average molecular weight is 1440 g/mol. The van der Waals surface area contributed by atoms with Crippen molar-refractivity contribution in [2.24, 2.45) is 17.8 Å². The number of nitrogens with zero attached hydrogens (tertiary/aromatic N) is 6. The number of allylic oxidation sites excluding steroid dienone is 5. The summed E-state index contributed by atoms with van der Waals surface area (Å²) in [5.41, 5.74) is 12.9. The fourth-order valence-electron chi connectivity index (χ4n) is 13.8. The van der Waals surface area contributed by atoms with Crippen LogP contribution in [0.2, 0.25) is 0 Å². The highest BCUT2D eigenvalue weighted by Crippen LogP contribution is 2.37. The number of hydrogen-bond donors (Lipinski definition) is 5. The largest absolute Gasteiger partial charge is 0.481 e. The van der Waals surface area contributed by atoms with Gasteiger partial charge in [0.15, 0.2) is 6.61 Å². The lowest BCUT2D eigenvalue weighted by Crippen LogP contribution is -2.46. The van der Waals surface area contributed by atoms with Crippen molar-refractivity contribution in [2.45, 2.75) is 151 Å². The number of Topliss-reactive ketones (excluding diaryl/α,β-unsaturated/α-hetero) is 1. The van der Waals surface area contributed by atoms with E-state index < -0.39 is 48.1 Å². The van der Waals surface area contributed by atoms with Crippen LogP contribution in [0, 0.1) is 45.4 Å². The summed E-state index contributed by atoms with van der Waals surface area (Å²) in [5.74, 6) is -2.02. The number of aromatic nitrogens is 4. The molecule has 21 nitrogen and oxygen atoms in total. The first-order valence-corrected chi connectivity index (χ1v) is 36.1. The molecule has 0 bridgehead atoms. The van der Waals surface area contributed by atoms with E-state index in [1.54, 1.807) is 68.0 Å². The molecular weight excluding hydrogens is 1340 g/mol. The Morgan fingerprint density at radius 1 is 0.660 bits per heavy atom. The summed E-state index contributed by atoms with van der Waals surface area (Å²) in [6.07, 6.45) is 16.1. The van der Waals surface area contributed by atoms with Gasteiger partial charge in [-0.2, -0.15) is 0 Å². The number of ketones is 1. The number of carboxylic acid groups (broad SMARTS) is 2. The second kappa shape index (κ2) is 36.4. The quantitative estimate of drug-likeness (QED) is 0.0356. The lowest BCUT2D eigenvalue weighted by atomic mass is 9.91. The summed E-state index contributed by atoms with van der Waals surface area (Å²) < 4.78 is 8.40. The summed E-state index contributed by atoms with van der Waals surface area (Å²) in [4.78, 5) is 126. The fraction of sp³-hybridized carbons (Fsp3) is 0.353. The summed E-state index contributed by atoms with van der Waals surface area (Å²) >= 11 is 0. The van der Waals surface area contributed by atoms with Crippen LogP contribution in [0.15, 0.2) is 192 Å². The van der Waals surface area contributed by atoms with E-state index in [4.69, 9.17) is 4.74 Å². The number of benzene rings is 5. The van der Waals surface area contributed by atoms with Crippen LogP contribution in [0.3, 0.4) is 0 Å². The Bertz CT molecular complexity index is 4740. The van der Waals surface area contributed by atoms with Gasteiger partial charge in [-0.05, 0) is 189 Å². The molecule has 6 atom stereocenters. The molecule has 4 amide bonds. The zero-order valence-electron chi connectivity index (χ0n) is 62.1. The molecular formula is C85H97N9O12. The number of rotatable bonds is 25. The normalized spacial score (nSPS) is 15.4. The van der Waals surface area contributed by atoms with E-state index in [1.165, 1.54) is 32.8 Å². The number of aliphatic carboxylic acids is 2. The van der Waals surface area contributed by atoms with Gasteiger partial charge in [0.25, 0.3) is 17.0 Å². The van der Waals surface area contributed by atoms with Crippen molar-refractivity contribution in [3.05, 3.63) is 248 Å². The van der Waals surface area contributed by atoms with Crippen LogP contribution < -0.4 is 41.6 Å². The third kappa shape index (κ3) is 20.8. The maximum atomic E-state index is 13.7. The highest BCUT2D eigenvalue weighted by atomic mass is 16.5. The molecule has 2 aliphatic heterocycles. The lowest BCUT2D eigenvalue weighted by Gasteiger charge is -2.33. The van der Waals surface area contributed by atoms with E-state index >= 15 is 0 Å². The van der Waals surface area contributed by atoms with Gasteiger partial charge in [0.05, 0.1) is 53.9 Å². The minimum absolute atomic E-state index is 0.00718.